The smallest absolute Gasteiger partial charge is 0.122 e. The Morgan fingerprint density at radius 1 is 0.952 bits per heavy atom. The highest BCUT2D eigenvalue weighted by Crippen LogP contribution is 2.05. The van der Waals surface area contributed by atoms with Crippen LogP contribution in [-0.4, -0.2) is 24.4 Å². The molecule has 3 heteroatoms. The number of rotatable bonds is 10. The number of ether oxygens (including phenoxy) is 2. The van der Waals surface area contributed by atoms with Crippen LogP contribution in [0, 0.1) is 0 Å². The molecule has 0 saturated carbocycles. The minimum Gasteiger partial charge on any atom is -0.491 e. The highest BCUT2D eigenvalue weighted by atomic mass is 16.5. The number of aliphatic hydroxyl groups is 1. The van der Waals surface area contributed by atoms with Crippen molar-refractivity contribution in [1.29, 1.82) is 0 Å². The van der Waals surface area contributed by atoms with Crippen molar-refractivity contribution in [2.75, 3.05) is 13.2 Å². The van der Waals surface area contributed by atoms with Gasteiger partial charge in [0.25, 0.3) is 0 Å². The maximum atomic E-state index is 9.88. The van der Waals surface area contributed by atoms with E-state index < -0.39 is 6.10 Å². The average molecular weight is 290 g/mol. The molecule has 21 heavy (non-hydrogen) atoms. The molecule has 0 rings (SSSR count). The Morgan fingerprint density at radius 2 is 1.48 bits per heavy atom. The minimum atomic E-state index is -0.706. The van der Waals surface area contributed by atoms with E-state index in [-0.39, 0.29) is 13.2 Å². The Morgan fingerprint density at radius 3 is 1.90 bits per heavy atom. The van der Waals surface area contributed by atoms with Crippen molar-refractivity contribution in [3.8, 4) is 0 Å². The zero-order chi connectivity index (χ0) is 15.9. The number of allylic oxidation sites excluding steroid dienone is 9. The quantitative estimate of drug-likeness (QED) is 0.487. The average Bonchev–Trinajstić information content (AvgIpc) is 2.48. The van der Waals surface area contributed by atoms with Crippen LogP contribution in [0.4, 0.5) is 0 Å². The van der Waals surface area contributed by atoms with Crippen molar-refractivity contribution in [1.82, 2.24) is 0 Å². The van der Waals surface area contributed by atoms with Crippen LogP contribution >= 0.6 is 0 Å². The third kappa shape index (κ3) is 10.4. The lowest BCUT2D eigenvalue weighted by Crippen LogP contribution is -2.21. The number of aliphatic hydroxyl groups excluding tert-OH is 1. The van der Waals surface area contributed by atoms with E-state index in [0.29, 0.717) is 11.5 Å². The molecule has 1 unspecified atom stereocenters. The van der Waals surface area contributed by atoms with Gasteiger partial charge in [0.2, 0.25) is 0 Å². The van der Waals surface area contributed by atoms with Gasteiger partial charge >= 0.3 is 0 Å². The summed E-state index contributed by atoms with van der Waals surface area (Å²) in [5, 5.41) is 9.88. The maximum absolute atomic E-state index is 9.88. The second-order valence-electron chi connectivity index (χ2n) is 4.18. The molecule has 3 nitrogen and oxygen atoms in total. The summed E-state index contributed by atoms with van der Waals surface area (Å²) in [4.78, 5) is 0. The van der Waals surface area contributed by atoms with Crippen LogP contribution in [0.25, 0.3) is 0 Å². The van der Waals surface area contributed by atoms with Crippen molar-refractivity contribution in [3.05, 3.63) is 72.8 Å². The molecule has 0 spiro atoms. The van der Waals surface area contributed by atoms with Gasteiger partial charge in [0.05, 0.1) is 0 Å². The summed E-state index contributed by atoms with van der Waals surface area (Å²) in [6.07, 6.45) is 15.7. The molecule has 0 aromatic heterocycles. The SMILES string of the molecule is C=C/C=C(\C=C/C)OCC(O)COC(/C=C\C)=C/C=C\C. The molecule has 0 radical (unpaired) electrons. The molecule has 1 atom stereocenters. The van der Waals surface area contributed by atoms with Gasteiger partial charge in [-0.1, -0.05) is 37.0 Å². The molecule has 116 valence electrons. The van der Waals surface area contributed by atoms with Gasteiger partial charge in [0.1, 0.15) is 30.8 Å². The molecule has 0 aromatic carbocycles. The highest BCUT2D eigenvalue weighted by molar-refractivity contribution is 5.18. The van der Waals surface area contributed by atoms with Crippen molar-refractivity contribution in [3.63, 3.8) is 0 Å². The zero-order valence-corrected chi connectivity index (χ0v) is 13.2. The molecule has 0 aliphatic rings. The van der Waals surface area contributed by atoms with E-state index in [2.05, 4.69) is 6.58 Å². The lowest BCUT2D eigenvalue weighted by Gasteiger charge is -2.14. The van der Waals surface area contributed by atoms with Gasteiger partial charge in [-0.05, 0) is 45.1 Å². The second-order valence-corrected chi connectivity index (χ2v) is 4.18. The molecular formula is C18H26O3. The summed E-state index contributed by atoms with van der Waals surface area (Å²) in [7, 11) is 0. The van der Waals surface area contributed by atoms with Gasteiger partial charge in [-0.2, -0.15) is 0 Å². The maximum Gasteiger partial charge on any atom is 0.122 e. The van der Waals surface area contributed by atoms with Gasteiger partial charge in [-0.15, -0.1) is 0 Å². The second kappa shape index (κ2) is 13.0. The first kappa shape index (κ1) is 19.0. The van der Waals surface area contributed by atoms with E-state index in [0.717, 1.165) is 0 Å². The van der Waals surface area contributed by atoms with Gasteiger partial charge < -0.3 is 14.6 Å². The topological polar surface area (TPSA) is 38.7 Å². The Labute approximate surface area is 128 Å². The molecule has 0 fully saturated rings. The molecule has 1 N–H and O–H groups in total. The normalized spacial score (nSPS) is 15.0. The molecule has 0 aliphatic heterocycles. The first-order chi connectivity index (χ1) is 10.2. The first-order valence-electron chi connectivity index (χ1n) is 7.02. The fourth-order valence-corrected chi connectivity index (χ4v) is 1.37. The molecule has 0 amide bonds. The third-order valence-corrected chi connectivity index (χ3v) is 2.28. The van der Waals surface area contributed by atoms with E-state index in [1.807, 2.05) is 63.3 Å². The van der Waals surface area contributed by atoms with Gasteiger partial charge in [-0.25, -0.2) is 0 Å². The summed E-state index contributed by atoms with van der Waals surface area (Å²) < 4.78 is 11.0. The number of hydrogen-bond acceptors (Lipinski definition) is 3. The van der Waals surface area contributed by atoms with E-state index in [1.54, 1.807) is 12.2 Å². The van der Waals surface area contributed by atoms with Crippen LogP contribution in [0.5, 0.6) is 0 Å². The summed E-state index contributed by atoms with van der Waals surface area (Å²) in [6.45, 7) is 9.70. The molecular weight excluding hydrogens is 264 g/mol. The fraction of sp³-hybridized carbons (Fsp3) is 0.333. The summed E-state index contributed by atoms with van der Waals surface area (Å²) >= 11 is 0. The van der Waals surface area contributed by atoms with Crippen LogP contribution < -0.4 is 0 Å². The van der Waals surface area contributed by atoms with E-state index in [1.165, 1.54) is 0 Å². The predicted octanol–water partition coefficient (Wildman–Crippen LogP) is 4.06. The van der Waals surface area contributed by atoms with Crippen molar-refractivity contribution < 1.29 is 14.6 Å². The van der Waals surface area contributed by atoms with Crippen molar-refractivity contribution in [2.24, 2.45) is 0 Å². The summed E-state index contributed by atoms with van der Waals surface area (Å²) in [5.74, 6) is 1.36. The highest BCUT2D eigenvalue weighted by Gasteiger charge is 2.06. The lowest BCUT2D eigenvalue weighted by molar-refractivity contribution is 0.0226. The third-order valence-electron chi connectivity index (χ3n) is 2.28. The van der Waals surface area contributed by atoms with Crippen LogP contribution in [-0.2, 0) is 9.47 Å². The van der Waals surface area contributed by atoms with Crippen LogP contribution in [0.15, 0.2) is 72.8 Å². The minimum absolute atomic E-state index is 0.163. The van der Waals surface area contributed by atoms with Gasteiger partial charge in [0.15, 0.2) is 0 Å². The molecule has 0 aromatic rings. The molecule has 0 aliphatic carbocycles. The van der Waals surface area contributed by atoms with Crippen LogP contribution in [0.3, 0.4) is 0 Å². The fourth-order valence-electron chi connectivity index (χ4n) is 1.37. The van der Waals surface area contributed by atoms with Crippen LogP contribution in [0.2, 0.25) is 0 Å². The standard InChI is InChI=1S/C18H26O3/c1-5-9-13-18(12-8-4)21-15-16(19)14-20-17(10-6-2)11-7-3/h5-13,16,19H,2,14-15H2,1,3-4H3/b9-5-,11-7-,12-8-,17-10+,18-13+. The molecule has 0 heterocycles. The first-order valence-corrected chi connectivity index (χ1v) is 7.02. The van der Waals surface area contributed by atoms with Gasteiger partial charge in [0, 0.05) is 0 Å². The lowest BCUT2D eigenvalue weighted by atomic mass is 10.3. The number of hydrogen-bond donors (Lipinski definition) is 1. The van der Waals surface area contributed by atoms with Crippen molar-refractivity contribution >= 4 is 0 Å². The summed E-state index contributed by atoms with van der Waals surface area (Å²) in [6, 6.07) is 0. The molecule has 0 bridgehead atoms. The van der Waals surface area contributed by atoms with E-state index >= 15 is 0 Å². The van der Waals surface area contributed by atoms with Gasteiger partial charge in [-0.3, -0.25) is 0 Å². The van der Waals surface area contributed by atoms with Crippen molar-refractivity contribution in [2.45, 2.75) is 26.9 Å². The Kier molecular flexibility index (Phi) is 11.8. The Bertz CT molecular complexity index is 426. The predicted molar refractivity (Wildman–Crippen MR) is 88.7 cm³/mol. The zero-order valence-electron chi connectivity index (χ0n) is 13.2. The van der Waals surface area contributed by atoms with E-state index in [9.17, 15) is 5.11 Å². The van der Waals surface area contributed by atoms with E-state index in [4.69, 9.17) is 9.47 Å². The monoisotopic (exact) mass is 290 g/mol. The van der Waals surface area contributed by atoms with Crippen LogP contribution in [0.1, 0.15) is 20.8 Å². The Balaban J connectivity index is 4.33. The molecule has 0 saturated heterocycles. The summed E-state index contributed by atoms with van der Waals surface area (Å²) in [5.41, 5.74) is 0. The Hall–Kier alpha value is -2.00. The largest absolute Gasteiger partial charge is 0.491 e.